The summed E-state index contributed by atoms with van der Waals surface area (Å²) >= 11 is 13.2. The molecular formula is C22H20Cl2F3N7O4S. The Morgan fingerprint density at radius 2 is 1.97 bits per heavy atom. The fourth-order valence-corrected chi connectivity index (χ4v) is 5.61. The molecule has 0 spiro atoms. The summed E-state index contributed by atoms with van der Waals surface area (Å²) in [6.07, 6.45) is -8.00. The Morgan fingerprint density at radius 1 is 1.21 bits per heavy atom. The number of aliphatic hydroxyl groups excluding tert-OH is 2. The third kappa shape index (κ3) is 5.15. The van der Waals surface area contributed by atoms with Gasteiger partial charge in [-0.2, -0.15) is 13.2 Å². The van der Waals surface area contributed by atoms with Gasteiger partial charge in [0.05, 0.1) is 24.1 Å². The number of aromatic nitrogens is 7. The van der Waals surface area contributed by atoms with Crippen molar-refractivity contribution in [2.45, 2.75) is 43.6 Å². The molecule has 0 saturated carbocycles. The van der Waals surface area contributed by atoms with Crippen molar-refractivity contribution in [1.29, 1.82) is 0 Å². The van der Waals surface area contributed by atoms with Crippen LogP contribution in [0.1, 0.15) is 29.4 Å². The van der Waals surface area contributed by atoms with Crippen molar-refractivity contribution >= 4 is 34.5 Å². The fraction of sp³-hybridized carbons (Fsp3) is 0.409. The van der Waals surface area contributed by atoms with Crippen molar-refractivity contribution < 1.29 is 32.9 Å². The summed E-state index contributed by atoms with van der Waals surface area (Å²) in [6, 6.07) is 2.14. The van der Waals surface area contributed by atoms with Gasteiger partial charge in [0.1, 0.15) is 52.1 Å². The van der Waals surface area contributed by atoms with Crippen LogP contribution in [0.25, 0.3) is 16.4 Å². The molecule has 208 valence electrons. The third-order valence-corrected chi connectivity index (χ3v) is 7.68. The first-order valence-electron chi connectivity index (χ1n) is 11.3. The second kappa shape index (κ2) is 10.7. The summed E-state index contributed by atoms with van der Waals surface area (Å²) in [5.74, 6) is 0.0534. The SMILES string of the molecule is COC1[C@@H](n2cc(-c3nc(Cl)cs3)nn2)[C@@H](O)C(CO)O[C@H]1c1nnc(C)n1-c1cc(Cl)ccc1C(F)(F)F. The Kier molecular flexibility index (Phi) is 7.67. The number of ether oxygens (including phenoxy) is 2. The molecule has 5 atom stereocenters. The van der Waals surface area contributed by atoms with E-state index in [0.29, 0.717) is 10.7 Å². The number of halogens is 5. The number of aliphatic hydroxyl groups is 2. The van der Waals surface area contributed by atoms with Gasteiger partial charge >= 0.3 is 6.18 Å². The van der Waals surface area contributed by atoms with Gasteiger partial charge in [-0.05, 0) is 25.1 Å². The Hall–Kier alpha value is -2.66. The van der Waals surface area contributed by atoms with E-state index in [1.165, 1.54) is 40.8 Å². The molecule has 1 saturated heterocycles. The molecule has 0 amide bonds. The summed E-state index contributed by atoms with van der Waals surface area (Å²) in [5, 5.41) is 39.9. The monoisotopic (exact) mass is 605 g/mol. The van der Waals surface area contributed by atoms with Crippen LogP contribution in [-0.2, 0) is 15.7 Å². The molecule has 4 heterocycles. The Morgan fingerprint density at radius 3 is 2.62 bits per heavy atom. The third-order valence-electron chi connectivity index (χ3n) is 6.26. The second-order valence-corrected chi connectivity index (χ2v) is 10.3. The van der Waals surface area contributed by atoms with E-state index in [0.717, 1.165) is 18.2 Å². The number of rotatable bonds is 6. The van der Waals surface area contributed by atoms with Crippen molar-refractivity contribution in [2.24, 2.45) is 0 Å². The average Bonchev–Trinajstić information content (AvgIpc) is 3.62. The van der Waals surface area contributed by atoms with Crippen molar-refractivity contribution in [3.8, 4) is 16.4 Å². The topological polar surface area (TPSA) is 133 Å². The number of hydrogen-bond donors (Lipinski definition) is 2. The van der Waals surface area contributed by atoms with Gasteiger partial charge in [0, 0.05) is 17.5 Å². The number of nitrogens with zero attached hydrogens (tertiary/aromatic N) is 7. The number of alkyl halides is 3. The summed E-state index contributed by atoms with van der Waals surface area (Å²) in [5.41, 5.74) is -0.928. The van der Waals surface area contributed by atoms with E-state index in [2.05, 4.69) is 25.5 Å². The zero-order valence-corrected chi connectivity index (χ0v) is 22.4. The van der Waals surface area contributed by atoms with Crippen LogP contribution in [0.15, 0.2) is 29.8 Å². The lowest BCUT2D eigenvalue weighted by molar-refractivity contribution is -0.217. The molecule has 1 aliphatic rings. The van der Waals surface area contributed by atoms with Crippen LogP contribution in [0.5, 0.6) is 0 Å². The van der Waals surface area contributed by atoms with Crippen molar-refractivity contribution in [2.75, 3.05) is 13.7 Å². The molecule has 17 heteroatoms. The normalized spacial score (nSPS) is 23.9. The van der Waals surface area contributed by atoms with E-state index in [4.69, 9.17) is 32.7 Å². The molecule has 4 aromatic rings. The van der Waals surface area contributed by atoms with Crippen molar-refractivity contribution in [3.05, 3.63) is 57.2 Å². The smallest absolute Gasteiger partial charge is 0.394 e. The molecule has 1 aliphatic heterocycles. The number of benzene rings is 1. The minimum atomic E-state index is -4.72. The van der Waals surface area contributed by atoms with Gasteiger partial charge in [0.25, 0.3) is 0 Å². The molecule has 2 unspecified atom stereocenters. The largest absolute Gasteiger partial charge is 0.418 e. The van der Waals surface area contributed by atoms with Crippen LogP contribution in [0.2, 0.25) is 10.2 Å². The Bertz CT molecular complexity index is 1480. The predicted molar refractivity (Wildman–Crippen MR) is 133 cm³/mol. The van der Waals surface area contributed by atoms with Gasteiger partial charge in [0.15, 0.2) is 5.82 Å². The van der Waals surface area contributed by atoms with Gasteiger partial charge in [-0.25, -0.2) is 9.67 Å². The standard InChI is InChI=1S/C22H20Cl2F3N7O4S/c1-9-29-31-20(34(9)13-5-10(23)3-4-11(13)22(25,26)27)19-18(37-2)16(17(36)14(7-35)38-19)33-6-12(30-32-33)21-28-15(24)8-39-21/h3-6,8,14,16-19,35-36H,7H2,1-2H3/t14?,16-,17-,18?,19+/m0/s1. The van der Waals surface area contributed by atoms with Crippen LogP contribution in [0, 0.1) is 6.92 Å². The van der Waals surface area contributed by atoms with Crippen molar-refractivity contribution in [3.63, 3.8) is 0 Å². The van der Waals surface area contributed by atoms with E-state index in [1.54, 1.807) is 5.38 Å². The van der Waals surface area contributed by atoms with Crippen LogP contribution < -0.4 is 0 Å². The molecule has 3 aromatic heterocycles. The van der Waals surface area contributed by atoms with E-state index < -0.39 is 48.8 Å². The lowest BCUT2D eigenvalue weighted by atomic mass is 9.91. The van der Waals surface area contributed by atoms with Gasteiger partial charge in [-0.1, -0.05) is 28.4 Å². The first kappa shape index (κ1) is 27.9. The van der Waals surface area contributed by atoms with Crippen LogP contribution in [-0.4, -0.2) is 77.0 Å². The molecule has 2 N–H and O–H groups in total. The molecule has 0 bridgehead atoms. The Balaban J connectivity index is 1.62. The predicted octanol–water partition coefficient (Wildman–Crippen LogP) is 3.67. The number of hydrogen-bond acceptors (Lipinski definition) is 10. The molecular weight excluding hydrogens is 586 g/mol. The van der Waals surface area contributed by atoms with Gasteiger partial charge in [0.2, 0.25) is 0 Å². The zero-order chi connectivity index (χ0) is 28.1. The van der Waals surface area contributed by atoms with E-state index in [-0.39, 0.29) is 27.5 Å². The van der Waals surface area contributed by atoms with Crippen LogP contribution in [0.4, 0.5) is 13.2 Å². The quantitative estimate of drug-likeness (QED) is 0.337. The summed E-state index contributed by atoms with van der Waals surface area (Å²) in [7, 11) is 1.34. The lowest BCUT2D eigenvalue weighted by Crippen LogP contribution is -2.53. The molecule has 5 rings (SSSR count). The van der Waals surface area contributed by atoms with Gasteiger partial charge in [-0.3, -0.25) is 4.57 Å². The number of methoxy groups -OCH3 is 1. The van der Waals surface area contributed by atoms with Gasteiger partial charge < -0.3 is 19.7 Å². The van der Waals surface area contributed by atoms with E-state index in [9.17, 15) is 23.4 Å². The zero-order valence-electron chi connectivity index (χ0n) is 20.1. The first-order valence-corrected chi connectivity index (χ1v) is 13.0. The summed E-state index contributed by atoms with van der Waals surface area (Å²) in [6.45, 7) is 0.854. The maximum absolute atomic E-state index is 14.0. The summed E-state index contributed by atoms with van der Waals surface area (Å²) < 4.78 is 56.1. The highest BCUT2D eigenvalue weighted by molar-refractivity contribution is 7.13. The molecule has 0 aliphatic carbocycles. The van der Waals surface area contributed by atoms with E-state index in [1.807, 2.05) is 0 Å². The maximum atomic E-state index is 14.0. The highest BCUT2D eigenvalue weighted by Gasteiger charge is 2.50. The molecule has 1 aromatic carbocycles. The maximum Gasteiger partial charge on any atom is 0.418 e. The van der Waals surface area contributed by atoms with E-state index >= 15 is 0 Å². The highest BCUT2D eigenvalue weighted by Crippen LogP contribution is 2.42. The Labute approximate surface area is 232 Å². The number of aryl methyl sites for hydroxylation is 1. The lowest BCUT2D eigenvalue weighted by Gasteiger charge is -2.43. The minimum absolute atomic E-state index is 0.0591. The summed E-state index contributed by atoms with van der Waals surface area (Å²) in [4.78, 5) is 4.16. The average molecular weight is 606 g/mol. The van der Waals surface area contributed by atoms with Crippen molar-refractivity contribution in [1.82, 2.24) is 34.7 Å². The molecule has 11 nitrogen and oxygen atoms in total. The number of thiazole rings is 1. The first-order chi connectivity index (χ1) is 18.5. The second-order valence-electron chi connectivity index (χ2n) is 8.62. The molecule has 0 radical (unpaired) electrons. The highest BCUT2D eigenvalue weighted by atomic mass is 35.5. The molecule has 1 fully saturated rings. The van der Waals surface area contributed by atoms with Crippen LogP contribution >= 0.6 is 34.5 Å². The minimum Gasteiger partial charge on any atom is -0.394 e. The fourth-order valence-electron chi connectivity index (χ4n) is 4.55. The van der Waals surface area contributed by atoms with Gasteiger partial charge in [-0.15, -0.1) is 26.6 Å². The van der Waals surface area contributed by atoms with Crippen LogP contribution in [0.3, 0.4) is 0 Å². The molecule has 39 heavy (non-hydrogen) atoms.